The molecule has 1 unspecified atom stereocenters. The van der Waals surface area contributed by atoms with Crippen LogP contribution in [0.15, 0.2) is 0 Å². The van der Waals surface area contributed by atoms with E-state index in [1.54, 1.807) is 4.31 Å². The van der Waals surface area contributed by atoms with Crippen LogP contribution in [0.3, 0.4) is 0 Å². The highest BCUT2D eigenvalue weighted by Crippen LogP contribution is 2.31. The molecule has 5 heteroatoms. The van der Waals surface area contributed by atoms with Crippen LogP contribution in [0.25, 0.3) is 0 Å². The van der Waals surface area contributed by atoms with Crippen molar-refractivity contribution in [1.82, 2.24) is 9.62 Å². The maximum absolute atomic E-state index is 12.0. The van der Waals surface area contributed by atoms with Crippen LogP contribution in [0.4, 0.5) is 0 Å². The lowest BCUT2D eigenvalue weighted by Crippen LogP contribution is -2.51. The van der Waals surface area contributed by atoms with Crippen molar-refractivity contribution in [3.63, 3.8) is 0 Å². The van der Waals surface area contributed by atoms with Crippen molar-refractivity contribution in [1.29, 1.82) is 0 Å². The lowest BCUT2D eigenvalue weighted by atomic mass is 10.0. The minimum Gasteiger partial charge on any atom is -0.318 e. The molecule has 0 radical (unpaired) electrons. The second-order valence-corrected chi connectivity index (χ2v) is 6.53. The highest BCUT2D eigenvalue weighted by atomic mass is 32.2. The summed E-state index contributed by atoms with van der Waals surface area (Å²) in [4.78, 5) is 0. The molecule has 0 aromatic carbocycles. The zero-order chi connectivity index (χ0) is 11.5. The van der Waals surface area contributed by atoms with E-state index >= 15 is 0 Å². The van der Waals surface area contributed by atoms with Gasteiger partial charge in [-0.3, -0.25) is 0 Å². The zero-order valence-electron chi connectivity index (χ0n) is 9.91. The minimum absolute atomic E-state index is 0.219. The molecule has 1 atom stereocenters. The predicted octanol–water partition coefficient (Wildman–Crippen LogP) is 0.800. The van der Waals surface area contributed by atoms with Gasteiger partial charge in [-0.25, -0.2) is 8.42 Å². The molecule has 0 aliphatic carbocycles. The molecule has 90 valence electrons. The number of nitrogens with one attached hydrogen (secondary N) is 1. The third-order valence-corrected chi connectivity index (χ3v) is 5.25. The zero-order valence-corrected chi connectivity index (χ0v) is 10.7. The van der Waals surface area contributed by atoms with Crippen molar-refractivity contribution in [2.75, 3.05) is 25.9 Å². The summed E-state index contributed by atoms with van der Waals surface area (Å²) in [5, 5.41) is 3.09. The van der Waals surface area contributed by atoms with Crippen LogP contribution >= 0.6 is 0 Å². The van der Waals surface area contributed by atoms with Gasteiger partial charge >= 0.3 is 0 Å². The lowest BCUT2D eigenvalue weighted by Gasteiger charge is -2.34. The normalized spacial score (nSPS) is 28.5. The topological polar surface area (TPSA) is 49.4 Å². The summed E-state index contributed by atoms with van der Waals surface area (Å²) < 4.78 is 25.7. The summed E-state index contributed by atoms with van der Waals surface area (Å²) in [7, 11) is -1.18. The Bertz CT molecular complexity index is 303. The van der Waals surface area contributed by atoms with Crippen molar-refractivity contribution in [3.8, 4) is 0 Å². The van der Waals surface area contributed by atoms with Gasteiger partial charge in [0.2, 0.25) is 10.0 Å². The number of likely N-dealkylation sites (N-methyl/N-ethyl adjacent to an activating group) is 1. The molecular weight excluding hydrogens is 212 g/mol. The predicted molar refractivity (Wildman–Crippen MR) is 62.3 cm³/mol. The number of nitrogens with zero attached hydrogens (tertiary/aromatic N) is 1. The molecule has 4 nitrogen and oxygen atoms in total. The monoisotopic (exact) mass is 234 g/mol. The van der Waals surface area contributed by atoms with Crippen LogP contribution in [-0.2, 0) is 10.0 Å². The molecule has 0 aromatic rings. The molecule has 1 fully saturated rings. The van der Waals surface area contributed by atoms with Gasteiger partial charge in [0.25, 0.3) is 0 Å². The first-order valence-electron chi connectivity index (χ1n) is 5.61. The summed E-state index contributed by atoms with van der Waals surface area (Å²) in [6.07, 6.45) is 2.62. The fourth-order valence-corrected chi connectivity index (χ4v) is 4.37. The van der Waals surface area contributed by atoms with Gasteiger partial charge in [-0.2, -0.15) is 4.31 Å². The first kappa shape index (κ1) is 12.9. The van der Waals surface area contributed by atoms with E-state index in [1.807, 2.05) is 20.9 Å². The second kappa shape index (κ2) is 4.80. The smallest absolute Gasteiger partial charge is 0.214 e. The molecule has 0 aromatic heterocycles. The quantitative estimate of drug-likeness (QED) is 0.765. The van der Waals surface area contributed by atoms with Crippen LogP contribution in [0, 0.1) is 0 Å². The van der Waals surface area contributed by atoms with Crippen molar-refractivity contribution < 1.29 is 8.42 Å². The Balaban J connectivity index is 2.85. The third kappa shape index (κ3) is 2.71. The van der Waals surface area contributed by atoms with E-state index in [4.69, 9.17) is 0 Å². The van der Waals surface area contributed by atoms with E-state index in [1.165, 1.54) is 0 Å². The standard InChI is InChI=1S/C10H22N2O2S/c1-4-8-15(13,14)12-7-5-6-10(12,2)9-11-3/h11H,4-9H2,1-3H3. The van der Waals surface area contributed by atoms with Crippen LogP contribution in [0.2, 0.25) is 0 Å². The highest BCUT2D eigenvalue weighted by molar-refractivity contribution is 7.89. The molecule has 0 amide bonds. The average molecular weight is 234 g/mol. The Labute approximate surface area is 93.1 Å². The van der Waals surface area contributed by atoms with Gasteiger partial charge in [0.1, 0.15) is 0 Å². The Morgan fingerprint density at radius 3 is 2.67 bits per heavy atom. The SMILES string of the molecule is CCCS(=O)(=O)N1CCCC1(C)CNC. The van der Waals surface area contributed by atoms with E-state index in [9.17, 15) is 8.42 Å². The van der Waals surface area contributed by atoms with Crippen LogP contribution in [-0.4, -0.2) is 44.2 Å². The maximum atomic E-state index is 12.0. The Hall–Kier alpha value is -0.130. The summed E-state index contributed by atoms with van der Waals surface area (Å²) in [6.45, 7) is 5.35. The Morgan fingerprint density at radius 1 is 1.47 bits per heavy atom. The van der Waals surface area contributed by atoms with Gasteiger partial charge in [-0.05, 0) is 33.2 Å². The maximum Gasteiger partial charge on any atom is 0.214 e. The first-order chi connectivity index (χ1) is 6.96. The van der Waals surface area contributed by atoms with E-state index in [0.717, 1.165) is 19.4 Å². The highest BCUT2D eigenvalue weighted by Gasteiger charge is 2.42. The van der Waals surface area contributed by atoms with Crippen molar-refractivity contribution in [2.45, 2.75) is 38.6 Å². The van der Waals surface area contributed by atoms with E-state index < -0.39 is 10.0 Å². The molecule has 1 saturated heterocycles. The van der Waals surface area contributed by atoms with Gasteiger partial charge in [-0.1, -0.05) is 6.92 Å². The number of rotatable bonds is 5. The van der Waals surface area contributed by atoms with Crippen LogP contribution < -0.4 is 5.32 Å². The molecule has 0 spiro atoms. The summed E-state index contributed by atoms with van der Waals surface area (Å²) in [5.41, 5.74) is -0.219. The molecule has 1 aliphatic heterocycles. The van der Waals surface area contributed by atoms with Crippen molar-refractivity contribution in [2.24, 2.45) is 0 Å². The summed E-state index contributed by atoms with van der Waals surface area (Å²) >= 11 is 0. The molecule has 15 heavy (non-hydrogen) atoms. The molecule has 1 rings (SSSR count). The van der Waals surface area contributed by atoms with Crippen LogP contribution in [0.5, 0.6) is 0 Å². The fraction of sp³-hybridized carbons (Fsp3) is 1.00. The van der Waals surface area contributed by atoms with Crippen LogP contribution in [0.1, 0.15) is 33.1 Å². The van der Waals surface area contributed by atoms with Gasteiger partial charge in [-0.15, -0.1) is 0 Å². The lowest BCUT2D eigenvalue weighted by molar-refractivity contribution is 0.260. The molecule has 0 saturated carbocycles. The molecule has 1 aliphatic rings. The van der Waals surface area contributed by atoms with Gasteiger partial charge in [0.15, 0.2) is 0 Å². The molecule has 1 heterocycles. The number of hydrogen-bond donors (Lipinski definition) is 1. The minimum atomic E-state index is -3.05. The van der Waals surface area contributed by atoms with Crippen molar-refractivity contribution in [3.05, 3.63) is 0 Å². The van der Waals surface area contributed by atoms with E-state index in [2.05, 4.69) is 5.32 Å². The fourth-order valence-electron chi connectivity index (χ4n) is 2.40. The summed E-state index contributed by atoms with van der Waals surface area (Å²) in [5.74, 6) is 0.270. The largest absolute Gasteiger partial charge is 0.318 e. The van der Waals surface area contributed by atoms with Gasteiger partial charge in [0.05, 0.1) is 5.75 Å². The van der Waals surface area contributed by atoms with Crippen molar-refractivity contribution >= 4 is 10.0 Å². The van der Waals surface area contributed by atoms with E-state index in [0.29, 0.717) is 13.0 Å². The van der Waals surface area contributed by atoms with E-state index in [-0.39, 0.29) is 11.3 Å². The average Bonchev–Trinajstić information content (AvgIpc) is 2.48. The molecule has 0 bridgehead atoms. The molecular formula is C10H22N2O2S. The number of hydrogen-bond acceptors (Lipinski definition) is 3. The number of sulfonamides is 1. The second-order valence-electron chi connectivity index (χ2n) is 4.52. The Morgan fingerprint density at radius 2 is 2.13 bits per heavy atom. The van der Waals surface area contributed by atoms with Gasteiger partial charge < -0.3 is 5.32 Å². The third-order valence-electron chi connectivity index (χ3n) is 3.03. The Kier molecular flexibility index (Phi) is 4.14. The van der Waals surface area contributed by atoms with Gasteiger partial charge in [0, 0.05) is 18.6 Å². The molecule has 1 N–H and O–H groups in total. The first-order valence-corrected chi connectivity index (χ1v) is 7.22. The summed E-state index contributed by atoms with van der Waals surface area (Å²) in [6, 6.07) is 0.